The maximum Gasteiger partial charge on any atom is 0.330 e. The molecule has 3 N–H and O–H groups in total. The summed E-state index contributed by atoms with van der Waals surface area (Å²) in [4.78, 5) is 40.7. The van der Waals surface area contributed by atoms with Crippen LogP contribution in [0.5, 0.6) is 0 Å². The topological polar surface area (TPSA) is 102 Å². The van der Waals surface area contributed by atoms with Gasteiger partial charge in [0.05, 0.1) is 5.69 Å². The fourth-order valence-corrected chi connectivity index (χ4v) is 4.65. The first-order chi connectivity index (χ1) is 14.6. The maximum absolute atomic E-state index is 13.6. The van der Waals surface area contributed by atoms with Crippen molar-refractivity contribution in [2.45, 2.75) is 44.7 Å². The first-order valence-corrected chi connectivity index (χ1v) is 10.8. The number of aromatic nitrogens is 2. The molecular formula is C22H29N5O3. The number of carbonyl (C=O) groups excluding carboxylic acids is 2. The Morgan fingerprint density at radius 2 is 1.70 bits per heavy atom. The number of hydrogen-bond donors (Lipinski definition) is 2. The van der Waals surface area contributed by atoms with Crippen molar-refractivity contribution in [3.63, 3.8) is 0 Å². The summed E-state index contributed by atoms with van der Waals surface area (Å²) in [5.41, 5.74) is 6.84. The summed E-state index contributed by atoms with van der Waals surface area (Å²) in [6.07, 6.45) is 5.03. The number of hydrogen-bond acceptors (Lipinski definition) is 4. The van der Waals surface area contributed by atoms with Gasteiger partial charge in [0.15, 0.2) is 0 Å². The molecule has 0 spiro atoms. The molecule has 0 radical (unpaired) electrons. The highest BCUT2D eigenvalue weighted by molar-refractivity contribution is 5.99. The van der Waals surface area contributed by atoms with E-state index in [0.717, 1.165) is 37.7 Å². The van der Waals surface area contributed by atoms with Crippen LogP contribution < -0.4 is 16.7 Å². The van der Waals surface area contributed by atoms with E-state index in [0.29, 0.717) is 31.9 Å². The highest BCUT2D eigenvalue weighted by atomic mass is 16.2. The quantitative estimate of drug-likeness (QED) is 0.775. The van der Waals surface area contributed by atoms with Crippen molar-refractivity contribution in [2.24, 2.45) is 5.73 Å². The van der Waals surface area contributed by atoms with E-state index in [4.69, 9.17) is 5.73 Å². The normalized spacial score (nSPS) is 17.8. The number of amides is 2. The number of benzene rings is 1. The van der Waals surface area contributed by atoms with E-state index in [2.05, 4.69) is 5.32 Å². The summed E-state index contributed by atoms with van der Waals surface area (Å²) in [5.74, 6) is -0.852. The van der Waals surface area contributed by atoms with Gasteiger partial charge in [-0.3, -0.25) is 18.7 Å². The lowest BCUT2D eigenvalue weighted by molar-refractivity contribution is -0.118. The maximum atomic E-state index is 13.6. The van der Waals surface area contributed by atoms with Gasteiger partial charge in [0, 0.05) is 37.8 Å². The molecule has 8 nitrogen and oxygen atoms in total. The summed E-state index contributed by atoms with van der Waals surface area (Å²) in [7, 11) is 0. The van der Waals surface area contributed by atoms with Crippen molar-refractivity contribution < 1.29 is 9.59 Å². The molecule has 0 unspecified atom stereocenters. The predicted molar refractivity (Wildman–Crippen MR) is 114 cm³/mol. The Labute approximate surface area is 175 Å². The molecule has 2 amide bonds. The molecule has 1 aromatic heterocycles. The molecule has 1 aliphatic carbocycles. The molecule has 0 atom stereocenters. The first kappa shape index (κ1) is 20.4. The van der Waals surface area contributed by atoms with Crippen molar-refractivity contribution in [1.82, 2.24) is 19.4 Å². The van der Waals surface area contributed by atoms with Crippen LogP contribution >= 0.6 is 0 Å². The Balaban J connectivity index is 1.93. The number of carbonyl (C=O) groups is 2. The van der Waals surface area contributed by atoms with Crippen molar-refractivity contribution in [2.75, 3.05) is 26.2 Å². The summed E-state index contributed by atoms with van der Waals surface area (Å²) in [5, 5.41) is 3.24. The molecule has 2 heterocycles. The van der Waals surface area contributed by atoms with Crippen molar-refractivity contribution >= 4 is 11.8 Å². The molecule has 160 valence electrons. The molecule has 0 bridgehead atoms. The van der Waals surface area contributed by atoms with Gasteiger partial charge in [0.1, 0.15) is 12.2 Å². The van der Waals surface area contributed by atoms with Crippen LogP contribution in [0.2, 0.25) is 0 Å². The molecule has 1 aromatic carbocycles. The Kier molecular flexibility index (Phi) is 6.03. The second kappa shape index (κ2) is 8.87. The van der Waals surface area contributed by atoms with Crippen molar-refractivity contribution in [1.29, 1.82) is 0 Å². The largest absolute Gasteiger partial charge is 0.368 e. The van der Waals surface area contributed by atoms with Gasteiger partial charge in [-0.2, -0.15) is 0 Å². The number of rotatable bonds is 5. The van der Waals surface area contributed by atoms with E-state index in [1.165, 1.54) is 4.57 Å². The minimum absolute atomic E-state index is 0.0187. The smallest absolute Gasteiger partial charge is 0.330 e. The van der Waals surface area contributed by atoms with Crippen molar-refractivity contribution in [3.8, 4) is 11.3 Å². The Morgan fingerprint density at radius 1 is 1.03 bits per heavy atom. The average molecular weight is 412 g/mol. The molecular weight excluding hydrogens is 382 g/mol. The van der Waals surface area contributed by atoms with Crippen LogP contribution in [0.4, 0.5) is 0 Å². The van der Waals surface area contributed by atoms with E-state index in [1.807, 2.05) is 30.3 Å². The van der Waals surface area contributed by atoms with Gasteiger partial charge in [0.2, 0.25) is 5.91 Å². The molecule has 2 aromatic rings. The SMILES string of the molecule is NC(=O)Cn1c(C(=O)N2CCNCC2)c(-c2ccccc2)n(C2CCCCC2)c1=O. The summed E-state index contributed by atoms with van der Waals surface area (Å²) in [6, 6.07) is 9.55. The van der Waals surface area contributed by atoms with Crippen LogP contribution in [-0.2, 0) is 11.3 Å². The zero-order valence-corrected chi connectivity index (χ0v) is 17.2. The Bertz CT molecular complexity index is 967. The Hall–Kier alpha value is -2.87. The molecule has 2 aliphatic rings. The fraction of sp³-hybridized carbons (Fsp3) is 0.500. The van der Waals surface area contributed by atoms with Gasteiger partial charge in [-0.1, -0.05) is 49.6 Å². The van der Waals surface area contributed by atoms with Crippen LogP contribution in [0, 0.1) is 0 Å². The molecule has 2 fully saturated rings. The van der Waals surface area contributed by atoms with Gasteiger partial charge >= 0.3 is 5.69 Å². The van der Waals surface area contributed by atoms with Gasteiger partial charge in [-0.25, -0.2) is 4.79 Å². The minimum Gasteiger partial charge on any atom is -0.368 e. The second-order valence-electron chi connectivity index (χ2n) is 8.10. The number of imidazole rings is 1. The molecule has 1 saturated heterocycles. The standard InChI is InChI=1S/C22H29N5O3/c23-18(28)15-26-20(21(29)25-13-11-24-12-14-25)19(16-7-3-1-4-8-16)27(22(26)30)17-9-5-2-6-10-17/h1,3-4,7-8,17,24H,2,5-6,9-15H2,(H2,23,28). The highest BCUT2D eigenvalue weighted by Gasteiger charge is 2.33. The molecule has 1 aliphatic heterocycles. The lowest BCUT2D eigenvalue weighted by Crippen LogP contribution is -2.47. The minimum atomic E-state index is -0.633. The Morgan fingerprint density at radius 3 is 2.33 bits per heavy atom. The van der Waals surface area contributed by atoms with Gasteiger partial charge < -0.3 is 16.0 Å². The van der Waals surface area contributed by atoms with E-state index < -0.39 is 5.91 Å². The number of primary amides is 1. The monoisotopic (exact) mass is 411 g/mol. The third kappa shape index (κ3) is 3.92. The van der Waals surface area contributed by atoms with Crippen LogP contribution in [0.3, 0.4) is 0 Å². The lowest BCUT2D eigenvalue weighted by Gasteiger charge is -2.28. The average Bonchev–Trinajstić information content (AvgIpc) is 3.06. The third-order valence-electron chi connectivity index (χ3n) is 6.08. The number of nitrogens with one attached hydrogen (secondary N) is 1. The fourth-order valence-electron chi connectivity index (χ4n) is 4.65. The highest BCUT2D eigenvalue weighted by Crippen LogP contribution is 2.34. The van der Waals surface area contributed by atoms with Crippen LogP contribution in [0.15, 0.2) is 35.1 Å². The first-order valence-electron chi connectivity index (χ1n) is 10.8. The summed E-state index contributed by atoms with van der Waals surface area (Å²) >= 11 is 0. The van der Waals surface area contributed by atoms with Gasteiger partial charge in [0.25, 0.3) is 5.91 Å². The lowest BCUT2D eigenvalue weighted by atomic mass is 9.94. The molecule has 4 rings (SSSR count). The zero-order valence-electron chi connectivity index (χ0n) is 17.2. The van der Waals surface area contributed by atoms with Crippen LogP contribution in [0.25, 0.3) is 11.3 Å². The number of piperazine rings is 1. The zero-order chi connectivity index (χ0) is 21.1. The second-order valence-corrected chi connectivity index (χ2v) is 8.10. The molecule has 1 saturated carbocycles. The van der Waals surface area contributed by atoms with Crippen LogP contribution in [-0.4, -0.2) is 52.0 Å². The number of nitrogens with two attached hydrogens (primary N) is 1. The third-order valence-corrected chi connectivity index (χ3v) is 6.08. The van der Waals surface area contributed by atoms with Crippen molar-refractivity contribution in [3.05, 3.63) is 46.5 Å². The number of nitrogens with zero attached hydrogens (tertiary/aromatic N) is 3. The summed E-state index contributed by atoms with van der Waals surface area (Å²) < 4.78 is 3.05. The predicted octanol–water partition coefficient (Wildman–Crippen LogP) is 1.35. The molecule has 30 heavy (non-hydrogen) atoms. The van der Waals surface area contributed by atoms with Gasteiger partial charge in [-0.05, 0) is 12.8 Å². The van der Waals surface area contributed by atoms with E-state index >= 15 is 0 Å². The van der Waals surface area contributed by atoms with E-state index in [-0.39, 0.29) is 29.9 Å². The van der Waals surface area contributed by atoms with Crippen LogP contribution in [0.1, 0.15) is 48.6 Å². The van der Waals surface area contributed by atoms with Gasteiger partial charge in [-0.15, -0.1) is 0 Å². The summed E-state index contributed by atoms with van der Waals surface area (Å²) in [6.45, 7) is 2.23. The van der Waals surface area contributed by atoms with E-state index in [1.54, 1.807) is 9.47 Å². The molecule has 8 heteroatoms. The van der Waals surface area contributed by atoms with E-state index in [9.17, 15) is 14.4 Å².